The average molecular weight is 275 g/mol. The van der Waals surface area contributed by atoms with E-state index in [0.717, 1.165) is 12.2 Å². The molecule has 2 rings (SSSR count). The zero-order chi connectivity index (χ0) is 14.7. The topological polar surface area (TPSA) is 58.4 Å². The summed E-state index contributed by atoms with van der Waals surface area (Å²) in [6, 6.07) is 7.79. The first-order valence-electron chi connectivity index (χ1n) is 7.39. The van der Waals surface area contributed by atoms with Crippen LogP contribution in [0.3, 0.4) is 0 Å². The van der Waals surface area contributed by atoms with Gasteiger partial charge in [0.2, 0.25) is 5.91 Å². The van der Waals surface area contributed by atoms with Crippen LogP contribution in [0.25, 0.3) is 0 Å². The molecule has 3 N–H and O–H groups in total. The standard InChI is InChI=1S/C16H25N3O/c1-11(2)10-19(15-7-8-15)12(3)16(20)18-14-6-4-5-13(17)9-14/h4-6,9,11-12,15H,7-8,10,17H2,1-3H3,(H,18,20). The minimum absolute atomic E-state index is 0.0446. The molecule has 1 aromatic carbocycles. The first-order valence-corrected chi connectivity index (χ1v) is 7.39. The highest BCUT2D eigenvalue weighted by atomic mass is 16.2. The van der Waals surface area contributed by atoms with Crippen LogP contribution in [0.4, 0.5) is 11.4 Å². The highest BCUT2D eigenvalue weighted by Crippen LogP contribution is 2.29. The van der Waals surface area contributed by atoms with Gasteiger partial charge in [-0.3, -0.25) is 9.69 Å². The van der Waals surface area contributed by atoms with Gasteiger partial charge in [-0.25, -0.2) is 0 Å². The van der Waals surface area contributed by atoms with Crippen LogP contribution in [-0.2, 0) is 4.79 Å². The van der Waals surface area contributed by atoms with Gasteiger partial charge in [0.15, 0.2) is 0 Å². The van der Waals surface area contributed by atoms with E-state index in [0.29, 0.717) is 17.6 Å². The molecule has 0 heterocycles. The van der Waals surface area contributed by atoms with Gasteiger partial charge in [-0.05, 0) is 43.9 Å². The number of nitrogens with one attached hydrogen (secondary N) is 1. The maximum absolute atomic E-state index is 12.4. The summed E-state index contributed by atoms with van der Waals surface area (Å²) in [5, 5.41) is 2.96. The quantitative estimate of drug-likeness (QED) is 0.785. The molecule has 1 amide bonds. The van der Waals surface area contributed by atoms with E-state index in [1.807, 2.05) is 25.1 Å². The number of nitrogen functional groups attached to an aromatic ring is 1. The first-order chi connectivity index (χ1) is 9.47. The largest absolute Gasteiger partial charge is 0.399 e. The third-order valence-electron chi connectivity index (χ3n) is 3.62. The van der Waals surface area contributed by atoms with Crippen molar-refractivity contribution in [3.05, 3.63) is 24.3 Å². The molecule has 110 valence electrons. The molecular formula is C16H25N3O. The zero-order valence-corrected chi connectivity index (χ0v) is 12.6. The monoisotopic (exact) mass is 275 g/mol. The van der Waals surface area contributed by atoms with Gasteiger partial charge in [-0.2, -0.15) is 0 Å². The van der Waals surface area contributed by atoms with Crippen LogP contribution < -0.4 is 11.1 Å². The van der Waals surface area contributed by atoms with Crippen molar-refractivity contribution in [3.63, 3.8) is 0 Å². The van der Waals surface area contributed by atoms with Gasteiger partial charge in [0.1, 0.15) is 0 Å². The van der Waals surface area contributed by atoms with Crippen molar-refractivity contribution in [2.24, 2.45) is 5.92 Å². The van der Waals surface area contributed by atoms with Gasteiger partial charge in [0.25, 0.3) is 0 Å². The van der Waals surface area contributed by atoms with E-state index in [2.05, 4.69) is 24.1 Å². The Kier molecular flexibility index (Phi) is 4.65. The molecule has 20 heavy (non-hydrogen) atoms. The molecule has 1 atom stereocenters. The van der Waals surface area contributed by atoms with E-state index in [9.17, 15) is 4.79 Å². The van der Waals surface area contributed by atoms with E-state index in [1.165, 1.54) is 12.8 Å². The molecule has 4 nitrogen and oxygen atoms in total. The van der Waals surface area contributed by atoms with Crippen LogP contribution in [0.1, 0.15) is 33.6 Å². The Bertz CT molecular complexity index is 469. The molecule has 4 heteroatoms. The van der Waals surface area contributed by atoms with Gasteiger partial charge in [0.05, 0.1) is 6.04 Å². The van der Waals surface area contributed by atoms with E-state index in [-0.39, 0.29) is 11.9 Å². The Morgan fingerprint density at radius 1 is 1.40 bits per heavy atom. The minimum atomic E-state index is -0.105. The Morgan fingerprint density at radius 3 is 2.65 bits per heavy atom. The lowest BCUT2D eigenvalue weighted by Crippen LogP contribution is -2.45. The number of hydrogen-bond acceptors (Lipinski definition) is 3. The number of benzene rings is 1. The van der Waals surface area contributed by atoms with Gasteiger partial charge in [-0.15, -0.1) is 0 Å². The minimum Gasteiger partial charge on any atom is -0.399 e. The lowest BCUT2D eigenvalue weighted by molar-refractivity contribution is -0.121. The fourth-order valence-electron chi connectivity index (χ4n) is 2.46. The van der Waals surface area contributed by atoms with Crippen LogP contribution in [0.15, 0.2) is 24.3 Å². The number of carbonyl (C=O) groups is 1. The highest BCUT2D eigenvalue weighted by molar-refractivity contribution is 5.94. The molecule has 0 aliphatic heterocycles. The summed E-state index contributed by atoms with van der Waals surface area (Å²) in [7, 11) is 0. The van der Waals surface area contributed by atoms with Crippen LogP contribution in [-0.4, -0.2) is 29.4 Å². The lowest BCUT2D eigenvalue weighted by atomic mass is 10.1. The number of hydrogen-bond donors (Lipinski definition) is 2. The number of carbonyl (C=O) groups excluding carboxylic acids is 1. The summed E-state index contributed by atoms with van der Waals surface area (Å²) >= 11 is 0. The first kappa shape index (κ1) is 14.9. The summed E-state index contributed by atoms with van der Waals surface area (Å²) in [5.74, 6) is 0.612. The van der Waals surface area contributed by atoms with E-state index in [4.69, 9.17) is 5.73 Å². The normalized spacial score (nSPS) is 16.4. The van der Waals surface area contributed by atoms with E-state index >= 15 is 0 Å². The number of nitrogens with zero attached hydrogens (tertiary/aromatic N) is 1. The predicted octanol–water partition coefficient (Wildman–Crippen LogP) is 2.72. The maximum atomic E-state index is 12.4. The lowest BCUT2D eigenvalue weighted by Gasteiger charge is -2.29. The molecule has 0 saturated heterocycles. The van der Waals surface area contributed by atoms with Crippen molar-refractivity contribution in [1.82, 2.24) is 4.90 Å². The second-order valence-corrected chi connectivity index (χ2v) is 6.11. The number of nitrogens with two attached hydrogens (primary N) is 1. The van der Waals surface area contributed by atoms with Crippen molar-refractivity contribution < 1.29 is 4.79 Å². The maximum Gasteiger partial charge on any atom is 0.241 e. The van der Waals surface area contributed by atoms with Gasteiger partial charge >= 0.3 is 0 Å². The average Bonchev–Trinajstić information content (AvgIpc) is 3.19. The third-order valence-corrected chi connectivity index (χ3v) is 3.62. The van der Waals surface area contributed by atoms with Crippen molar-refractivity contribution in [3.8, 4) is 0 Å². The summed E-state index contributed by atoms with van der Waals surface area (Å²) in [4.78, 5) is 14.7. The smallest absolute Gasteiger partial charge is 0.241 e. The van der Waals surface area contributed by atoms with Crippen LogP contribution in [0, 0.1) is 5.92 Å². The Morgan fingerprint density at radius 2 is 2.10 bits per heavy atom. The fourth-order valence-corrected chi connectivity index (χ4v) is 2.46. The van der Waals surface area contributed by atoms with Crippen molar-refractivity contribution in [2.75, 3.05) is 17.6 Å². The molecular weight excluding hydrogens is 250 g/mol. The molecule has 1 aliphatic rings. The number of amides is 1. The number of anilines is 2. The molecule has 1 saturated carbocycles. The third kappa shape index (κ3) is 3.97. The summed E-state index contributed by atoms with van der Waals surface area (Å²) < 4.78 is 0. The molecule has 0 radical (unpaired) electrons. The Balaban J connectivity index is 1.99. The highest BCUT2D eigenvalue weighted by Gasteiger charge is 2.35. The molecule has 1 fully saturated rings. The van der Waals surface area contributed by atoms with Gasteiger partial charge < -0.3 is 11.1 Å². The number of rotatable bonds is 6. The Hall–Kier alpha value is -1.55. The fraction of sp³-hybridized carbons (Fsp3) is 0.562. The predicted molar refractivity (Wildman–Crippen MR) is 83.5 cm³/mol. The second-order valence-electron chi connectivity index (χ2n) is 6.11. The van der Waals surface area contributed by atoms with Crippen molar-refractivity contribution in [1.29, 1.82) is 0 Å². The Labute approximate surface area is 121 Å². The molecule has 1 aliphatic carbocycles. The molecule has 0 aromatic heterocycles. The van der Waals surface area contributed by atoms with Crippen LogP contribution >= 0.6 is 0 Å². The second kappa shape index (κ2) is 6.27. The SMILES string of the molecule is CC(C)CN(C1CC1)C(C)C(=O)Nc1cccc(N)c1. The molecule has 1 aromatic rings. The van der Waals surface area contributed by atoms with Crippen molar-refractivity contribution in [2.45, 2.75) is 45.7 Å². The van der Waals surface area contributed by atoms with Crippen molar-refractivity contribution >= 4 is 17.3 Å². The van der Waals surface area contributed by atoms with Crippen LogP contribution in [0.2, 0.25) is 0 Å². The van der Waals surface area contributed by atoms with E-state index in [1.54, 1.807) is 6.07 Å². The molecule has 0 bridgehead atoms. The summed E-state index contributed by atoms with van der Waals surface area (Å²) in [5.41, 5.74) is 7.16. The molecule has 0 spiro atoms. The van der Waals surface area contributed by atoms with E-state index < -0.39 is 0 Å². The van der Waals surface area contributed by atoms with Gasteiger partial charge in [-0.1, -0.05) is 19.9 Å². The summed E-state index contributed by atoms with van der Waals surface area (Å²) in [6.45, 7) is 7.34. The summed E-state index contributed by atoms with van der Waals surface area (Å²) in [6.07, 6.45) is 2.42. The van der Waals surface area contributed by atoms with Gasteiger partial charge in [0, 0.05) is 24.0 Å². The molecule has 1 unspecified atom stereocenters. The van der Waals surface area contributed by atoms with Crippen LogP contribution in [0.5, 0.6) is 0 Å². The zero-order valence-electron chi connectivity index (χ0n) is 12.6.